The second-order valence-corrected chi connectivity index (χ2v) is 12.0. The topological polar surface area (TPSA) is 94.2 Å². The first-order chi connectivity index (χ1) is 19.7. The molecule has 5 rings (SSSR count). The van der Waals surface area contributed by atoms with E-state index >= 15 is 0 Å². The summed E-state index contributed by atoms with van der Waals surface area (Å²) in [5, 5.41) is 12.7. The van der Waals surface area contributed by atoms with Crippen LogP contribution in [0.3, 0.4) is 0 Å². The molecular formula is C30H42F3N7O. The molecule has 224 valence electrons. The zero-order valence-corrected chi connectivity index (χ0v) is 23.9. The Hall–Kier alpha value is -3.08. The summed E-state index contributed by atoms with van der Waals surface area (Å²) in [4.78, 5) is 23.2. The minimum Gasteiger partial charge on any atom is -0.371 e. The maximum absolute atomic E-state index is 13.8. The average Bonchev–Trinajstić information content (AvgIpc) is 3.61. The largest absolute Gasteiger partial charge is 0.421 e. The first-order valence-electron chi connectivity index (χ1n) is 15.0. The number of aromatic nitrogens is 2. The Morgan fingerprint density at radius 2 is 1.63 bits per heavy atom. The third kappa shape index (κ3) is 7.61. The average molecular weight is 574 g/mol. The lowest BCUT2D eigenvalue weighted by Gasteiger charge is -2.35. The Kier molecular flexibility index (Phi) is 9.21. The van der Waals surface area contributed by atoms with Gasteiger partial charge in [-0.2, -0.15) is 18.2 Å². The quantitative estimate of drug-likeness (QED) is 0.299. The van der Waals surface area contributed by atoms with Crippen molar-refractivity contribution in [1.29, 1.82) is 0 Å². The van der Waals surface area contributed by atoms with Crippen LogP contribution in [0.2, 0.25) is 0 Å². The number of amides is 1. The molecule has 0 unspecified atom stereocenters. The third-order valence-corrected chi connectivity index (χ3v) is 8.51. The van der Waals surface area contributed by atoms with Crippen molar-refractivity contribution in [2.75, 3.05) is 28.6 Å². The monoisotopic (exact) mass is 573 g/mol. The van der Waals surface area contributed by atoms with E-state index in [0.717, 1.165) is 44.2 Å². The van der Waals surface area contributed by atoms with Crippen LogP contribution >= 0.6 is 0 Å². The highest BCUT2D eigenvalue weighted by Gasteiger charge is 2.39. The minimum atomic E-state index is -4.63. The summed E-state index contributed by atoms with van der Waals surface area (Å²) in [6, 6.07) is 8.63. The predicted octanol–water partition coefficient (Wildman–Crippen LogP) is 5.85. The molecule has 2 heterocycles. The van der Waals surface area contributed by atoms with Crippen LogP contribution in [0, 0.1) is 5.92 Å². The molecule has 0 radical (unpaired) electrons. The van der Waals surface area contributed by atoms with Gasteiger partial charge in [0.2, 0.25) is 11.9 Å². The lowest BCUT2D eigenvalue weighted by atomic mass is 10.0. The van der Waals surface area contributed by atoms with Gasteiger partial charge < -0.3 is 26.2 Å². The molecule has 41 heavy (non-hydrogen) atoms. The Labute approximate surface area is 240 Å². The van der Waals surface area contributed by atoms with E-state index in [1.807, 2.05) is 38.1 Å². The lowest BCUT2D eigenvalue weighted by Crippen LogP contribution is -2.45. The van der Waals surface area contributed by atoms with E-state index in [-0.39, 0.29) is 23.7 Å². The number of nitrogens with one attached hydrogen (secondary N) is 4. The molecule has 8 nitrogen and oxygen atoms in total. The van der Waals surface area contributed by atoms with E-state index < -0.39 is 23.7 Å². The highest BCUT2D eigenvalue weighted by atomic mass is 19.4. The second-order valence-electron chi connectivity index (χ2n) is 12.0. The summed E-state index contributed by atoms with van der Waals surface area (Å²) in [5.41, 5.74) is 0.865. The summed E-state index contributed by atoms with van der Waals surface area (Å²) in [6.45, 7) is 5.71. The summed E-state index contributed by atoms with van der Waals surface area (Å²) in [6.07, 6.45) is 5.65. The third-order valence-electron chi connectivity index (χ3n) is 8.51. The molecule has 11 heteroatoms. The smallest absolute Gasteiger partial charge is 0.371 e. The van der Waals surface area contributed by atoms with Crippen molar-refractivity contribution in [2.45, 2.75) is 102 Å². The molecule has 0 bridgehead atoms. The fourth-order valence-corrected chi connectivity index (χ4v) is 6.39. The molecule has 2 aromatic rings. The maximum atomic E-state index is 13.8. The highest BCUT2D eigenvalue weighted by molar-refractivity contribution is 5.80. The Bertz CT molecular complexity index is 1160. The number of anilines is 4. The van der Waals surface area contributed by atoms with Gasteiger partial charge in [0, 0.05) is 54.8 Å². The van der Waals surface area contributed by atoms with Gasteiger partial charge in [0.05, 0.1) is 5.92 Å². The molecular weight excluding hydrogens is 531 g/mol. The zero-order chi connectivity index (χ0) is 29.0. The summed E-state index contributed by atoms with van der Waals surface area (Å²) >= 11 is 0. The van der Waals surface area contributed by atoms with Crippen molar-refractivity contribution in [2.24, 2.45) is 5.92 Å². The Balaban J connectivity index is 1.22. The number of rotatable bonds is 9. The standard InChI is InChI=1S/C30H42F3N7O/c1-19(2)35-28(41)24-8-5-9-26(24)38-27-25(30(31,32)33)18-34-29(39-27)37-21-10-12-23(13-11-21)40-16-14-22(15-17-40)36-20-6-3-4-7-20/h10-13,18-20,22,24,26,36H,3-9,14-17H2,1-2H3,(H,35,41)(H2,34,37,38,39)/t24-,26-/m0/s1. The fraction of sp³-hybridized carbons (Fsp3) is 0.633. The summed E-state index contributed by atoms with van der Waals surface area (Å²) < 4.78 is 41.5. The van der Waals surface area contributed by atoms with Gasteiger partial charge in [0.15, 0.2) is 0 Å². The van der Waals surface area contributed by atoms with Gasteiger partial charge in [0.1, 0.15) is 11.4 Å². The van der Waals surface area contributed by atoms with Gasteiger partial charge in [-0.25, -0.2) is 4.98 Å². The SMILES string of the molecule is CC(C)NC(=O)[C@H]1CCC[C@@H]1Nc1nc(Nc2ccc(N3CCC(NC4CCCC4)CC3)cc2)ncc1C(F)(F)F. The number of hydrogen-bond acceptors (Lipinski definition) is 7. The van der Waals surface area contributed by atoms with Crippen molar-refractivity contribution in [1.82, 2.24) is 20.6 Å². The van der Waals surface area contributed by atoms with Crippen molar-refractivity contribution in [3.05, 3.63) is 36.0 Å². The van der Waals surface area contributed by atoms with Crippen molar-refractivity contribution in [3.8, 4) is 0 Å². The van der Waals surface area contributed by atoms with Crippen molar-refractivity contribution in [3.63, 3.8) is 0 Å². The van der Waals surface area contributed by atoms with Crippen LogP contribution < -0.4 is 26.2 Å². The molecule has 1 aliphatic heterocycles. The van der Waals surface area contributed by atoms with Crippen LogP contribution in [0.25, 0.3) is 0 Å². The predicted molar refractivity (Wildman–Crippen MR) is 155 cm³/mol. The number of hydrogen-bond donors (Lipinski definition) is 4. The highest BCUT2D eigenvalue weighted by Crippen LogP contribution is 2.37. The number of piperidine rings is 1. The fourth-order valence-electron chi connectivity index (χ4n) is 6.39. The maximum Gasteiger partial charge on any atom is 0.421 e. The van der Waals surface area contributed by atoms with E-state index in [1.165, 1.54) is 25.7 Å². The molecule has 0 spiro atoms. The number of nitrogens with zero attached hydrogens (tertiary/aromatic N) is 3. The first-order valence-corrected chi connectivity index (χ1v) is 15.0. The molecule has 1 saturated heterocycles. The van der Waals surface area contributed by atoms with Crippen LogP contribution in [0.1, 0.15) is 77.2 Å². The first kappa shape index (κ1) is 29.4. The van der Waals surface area contributed by atoms with Gasteiger partial charge in [-0.05, 0) is 76.6 Å². The second kappa shape index (κ2) is 12.8. The van der Waals surface area contributed by atoms with E-state index in [2.05, 4.69) is 36.1 Å². The van der Waals surface area contributed by atoms with Crippen LogP contribution in [-0.4, -0.2) is 53.1 Å². The summed E-state index contributed by atoms with van der Waals surface area (Å²) in [5.74, 6) is -0.811. The Morgan fingerprint density at radius 1 is 0.951 bits per heavy atom. The number of alkyl halides is 3. The van der Waals surface area contributed by atoms with Crippen LogP contribution in [0.4, 0.5) is 36.3 Å². The van der Waals surface area contributed by atoms with Gasteiger partial charge in [0.25, 0.3) is 0 Å². The number of carbonyl (C=O) groups is 1. The lowest BCUT2D eigenvalue weighted by molar-refractivity contribution is -0.137. The van der Waals surface area contributed by atoms with Gasteiger partial charge >= 0.3 is 6.18 Å². The molecule has 3 fully saturated rings. The van der Waals surface area contributed by atoms with E-state index in [4.69, 9.17) is 0 Å². The molecule has 2 aliphatic carbocycles. The summed E-state index contributed by atoms with van der Waals surface area (Å²) in [7, 11) is 0. The van der Waals surface area contributed by atoms with E-state index in [1.54, 1.807) is 0 Å². The van der Waals surface area contributed by atoms with Gasteiger partial charge in [-0.1, -0.05) is 19.3 Å². The molecule has 1 amide bonds. The van der Waals surface area contributed by atoms with Crippen LogP contribution in [-0.2, 0) is 11.0 Å². The minimum absolute atomic E-state index is 0.0406. The van der Waals surface area contributed by atoms with Crippen LogP contribution in [0.15, 0.2) is 30.5 Å². The number of halogens is 3. The van der Waals surface area contributed by atoms with E-state index in [9.17, 15) is 18.0 Å². The molecule has 2 saturated carbocycles. The molecule has 3 aliphatic rings. The van der Waals surface area contributed by atoms with Gasteiger partial charge in [-0.15, -0.1) is 0 Å². The number of carbonyl (C=O) groups excluding carboxylic acids is 1. The van der Waals surface area contributed by atoms with Crippen molar-refractivity contribution >= 4 is 29.0 Å². The number of benzene rings is 1. The Morgan fingerprint density at radius 3 is 2.29 bits per heavy atom. The molecule has 2 atom stereocenters. The normalized spacial score (nSPS) is 22.3. The van der Waals surface area contributed by atoms with Crippen LogP contribution in [0.5, 0.6) is 0 Å². The molecule has 1 aromatic carbocycles. The van der Waals surface area contributed by atoms with Crippen molar-refractivity contribution < 1.29 is 18.0 Å². The zero-order valence-electron chi connectivity index (χ0n) is 23.9. The van der Waals surface area contributed by atoms with E-state index in [0.29, 0.717) is 30.6 Å². The van der Waals surface area contributed by atoms with Gasteiger partial charge in [-0.3, -0.25) is 4.79 Å². The molecule has 4 N–H and O–H groups in total. The molecule has 1 aromatic heterocycles.